The number of nitrogens with one attached hydrogen (secondary N) is 1. The van der Waals surface area contributed by atoms with Crippen molar-refractivity contribution >= 4 is 44.1 Å². The topological polar surface area (TPSA) is 120 Å². The Labute approximate surface area is 204 Å². The Morgan fingerprint density at radius 1 is 1.00 bits per heavy atom. The predicted octanol–water partition coefficient (Wildman–Crippen LogP) is 3.34. The van der Waals surface area contributed by atoms with Gasteiger partial charge in [-0.15, -0.1) is 11.3 Å². The number of carbonyl (C=O) groups excluding carboxylic acids is 3. The molecule has 3 heterocycles. The molecule has 3 N–H and O–H groups in total. The molecular formula is C26H21N3O5S. The number of rotatable bonds is 7. The maximum absolute atomic E-state index is 13.5. The average Bonchev–Trinajstić information content (AvgIpc) is 3.40. The minimum Gasteiger partial charge on any atom is -0.393 e. The molecule has 0 radical (unpaired) electrons. The second-order valence-corrected chi connectivity index (χ2v) is 9.28. The van der Waals surface area contributed by atoms with Crippen LogP contribution in [0, 0.1) is 0 Å². The molecule has 0 bridgehead atoms. The number of thiophene rings is 1. The number of hydrogen-bond acceptors (Lipinski definition) is 7. The molecule has 2 unspecified atom stereocenters. The number of aliphatic hydroxyl groups excluding tert-OH is 2. The van der Waals surface area contributed by atoms with Crippen molar-refractivity contribution in [3.8, 4) is 0 Å². The third-order valence-electron chi connectivity index (χ3n) is 6.03. The minimum atomic E-state index is -1.04. The van der Waals surface area contributed by atoms with Crippen LogP contribution in [0.5, 0.6) is 0 Å². The van der Waals surface area contributed by atoms with E-state index < -0.39 is 30.4 Å². The molecule has 5 rings (SSSR count). The molecule has 0 saturated carbocycles. The van der Waals surface area contributed by atoms with Crippen molar-refractivity contribution in [3.63, 3.8) is 0 Å². The highest BCUT2D eigenvalue weighted by Crippen LogP contribution is 2.32. The lowest BCUT2D eigenvalue weighted by atomic mass is 9.95. The summed E-state index contributed by atoms with van der Waals surface area (Å²) in [4.78, 5) is 44.6. The summed E-state index contributed by atoms with van der Waals surface area (Å²) in [5, 5.41) is 23.6. The first-order valence-corrected chi connectivity index (χ1v) is 11.8. The molecule has 35 heavy (non-hydrogen) atoms. The summed E-state index contributed by atoms with van der Waals surface area (Å²) in [6.07, 6.45) is 2.35. The number of nitrogens with zero attached hydrogens (tertiary/aromatic N) is 2. The van der Waals surface area contributed by atoms with Crippen LogP contribution in [0.4, 0.5) is 5.00 Å². The van der Waals surface area contributed by atoms with E-state index in [1.807, 2.05) is 12.1 Å². The van der Waals surface area contributed by atoms with Gasteiger partial charge in [-0.1, -0.05) is 36.4 Å². The monoisotopic (exact) mass is 487 g/mol. The van der Waals surface area contributed by atoms with Gasteiger partial charge >= 0.3 is 0 Å². The number of amides is 3. The van der Waals surface area contributed by atoms with Gasteiger partial charge < -0.3 is 15.5 Å². The van der Waals surface area contributed by atoms with Gasteiger partial charge in [-0.25, -0.2) is 0 Å². The zero-order chi connectivity index (χ0) is 24.5. The summed E-state index contributed by atoms with van der Waals surface area (Å²) in [5.41, 5.74) is 1.69. The number of aliphatic hydroxyl groups is 2. The fourth-order valence-electron chi connectivity index (χ4n) is 4.14. The van der Waals surface area contributed by atoms with Gasteiger partial charge in [0.05, 0.1) is 33.4 Å². The molecule has 2 atom stereocenters. The Balaban J connectivity index is 1.46. The SMILES string of the molecule is O=C(Nc1cc2ccncc2s1)C(CN1C(=O)c2ccccc2C1=O)c1ccc(C(O)CO)cc1. The zero-order valence-corrected chi connectivity index (χ0v) is 19.2. The van der Waals surface area contributed by atoms with E-state index in [1.54, 1.807) is 60.9 Å². The van der Waals surface area contributed by atoms with E-state index in [4.69, 9.17) is 0 Å². The van der Waals surface area contributed by atoms with Crippen LogP contribution in [0.2, 0.25) is 0 Å². The lowest BCUT2D eigenvalue weighted by molar-refractivity contribution is -0.117. The number of aromatic nitrogens is 1. The zero-order valence-electron chi connectivity index (χ0n) is 18.4. The Bertz CT molecular complexity index is 1360. The van der Waals surface area contributed by atoms with Gasteiger partial charge in [0.2, 0.25) is 5.91 Å². The van der Waals surface area contributed by atoms with Crippen molar-refractivity contribution in [3.05, 3.63) is 95.3 Å². The molecule has 2 aromatic carbocycles. The van der Waals surface area contributed by atoms with Crippen molar-refractivity contribution in [2.45, 2.75) is 12.0 Å². The highest BCUT2D eigenvalue weighted by atomic mass is 32.1. The normalized spacial score (nSPS) is 14.7. The molecule has 4 aromatic rings. The third kappa shape index (κ3) is 4.32. The molecule has 8 nitrogen and oxygen atoms in total. The van der Waals surface area contributed by atoms with Crippen molar-refractivity contribution in [1.29, 1.82) is 0 Å². The molecule has 0 spiro atoms. The summed E-state index contributed by atoms with van der Waals surface area (Å²) in [5.74, 6) is -2.12. The summed E-state index contributed by atoms with van der Waals surface area (Å²) < 4.78 is 0.919. The van der Waals surface area contributed by atoms with Crippen LogP contribution in [0.1, 0.15) is 43.9 Å². The molecule has 3 amide bonds. The number of fused-ring (bicyclic) bond motifs is 2. The van der Waals surface area contributed by atoms with Crippen LogP contribution in [0.25, 0.3) is 10.1 Å². The Morgan fingerprint density at radius 2 is 1.66 bits per heavy atom. The molecule has 9 heteroatoms. The van der Waals surface area contributed by atoms with Gasteiger partial charge in [0.1, 0.15) is 6.10 Å². The minimum absolute atomic E-state index is 0.146. The van der Waals surface area contributed by atoms with Gasteiger partial charge in [-0.3, -0.25) is 24.3 Å². The van der Waals surface area contributed by atoms with Crippen LogP contribution in [-0.4, -0.2) is 51.0 Å². The van der Waals surface area contributed by atoms with E-state index in [1.165, 1.54) is 11.3 Å². The van der Waals surface area contributed by atoms with Crippen LogP contribution in [0.3, 0.4) is 0 Å². The maximum Gasteiger partial charge on any atom is 0.261 e. The number of anilines is 1. The number of imide groups is 1. The number of hydrogen-bond donors (Lipinski definition) is 3. The second-order valence-electron chi connectivity index (χ2n) is 8.20. The summed E-state index contributed by atoms with van der Waals surface area (Å²) in [6, 6.07) is 16.8. The second kappa shape index (κ2) is 9.38. The standard InChI is InChI=1S/C26H21N3O5S/c30-14-21(31)16-7-5-15(6-8-16)20(13-29-25(33)18-3-1-2-4-19(18)26(29)34)24(32)28-23-11-17-9-10-27-12-22(17)35-23/h1-12,20-21,30-31H,13-14H2,(H,28,32). The van der Waals surface area contributed by atoms with Crippen LogP contribution < -0.4 is 5.32 Å². The van der Waals surface area contributed by atoms with Gasteiger partial charge in [-0.05, 0) is 40.8 Å². The lowest BCUT2D eigenvalue weighted by Crippen LogP contribution is -2.38. The van der Waals surface area contributed by atoms with Crippen molar-refractivity contribution < 1.29 is 24.6 Å². The molecule has 0 aliphatic carbocycles. The first-order chi connectivity index (χ1) is 17.0. The summed E-state index contributed by atoms with van der Waals surface area (Å²) in [7, 11) is 0. The predicted molar refractivity (Wildman–Crippen MR) is 131 cm³/mol. The highest BCUT2D eigenvalue weighted by molar-refractivity contribution is 7.22. The molecule has 1 aliphatic rings. The molecule has 1 aliphatic heterocycles. The fraction of sp³-hybridized carbons (Fsp3) is 0.154. The Hall–Kier alpha value is -3.92. The molecule has 2 aromatic heterocycles. The highest BCUT2D eigenvalue weighted by Gasteiger charge is 2.38. The first kappa shape index (κ1) is 22.9. The third-order valence-corrected chi connectivity index (χ3v) is 7.03. The van der Waals surface area contributed by atoms with Gasteiger partial charge in [0.15, 0.2) is 0 Å². The molecule has 0 saturated heterocycles. The van der Waals surface area contributed by atoms with Gasteiger partial charge in [0.25, 0.3) is 11.8 Å². The van der Waals surface area contributed by atoms with Crippen molar-refractivity contribution in [1.82, 2.24) is 9.88 Å². The number of benzene rings is 2. The maximum atomic E-state index is 13.5. The number of pyridine rings is 1. The first-order valence-electron chi connectivity index (χ1n) is 10.9. The Kier molecular flexibility index (Phi) is 6.12. The quantitative estimate of drug-likeness (QED) is 0.344. The average molecular weight is 488 g/mol. The van der Waals surface area contributed by atoms with Crippen LogP contribution >= 0.6 is 11.3 Å². The molecular weight excluding hydrogens is 466 g/mol. The molecule has 176 valence electrons. The van der Waals surface area contributed by atoms with E-state index >= 15 is 0 Å². The van der Waals surface area contributed by atoms with E-state index in [0.29, 0.717) is 27.3 Å². The van der Waals surface area contributed by atoms with E-state index in [9.17, 15) is 24.6 Å². The van der Waals surface area contributed by atoms with Crippen LogP contribution in [-0.2, 0) is 4.79 Å². The van der Waals surface area contributed by atoms with E-state index in [0.717, 1.165) is 15.0 Å². The fourth-order valence-corrected chi connectivity index (χ4v) is 5.07. The van der Waals surface area contributed by atoms with E-state index in [2.05, 4.69) is 10.3 Å². The summed E-state index contributed by atoms with van der Waals surface area (Å²) in [6.45, 7) is -0.578. The van der Waals surface area contributed by atoms with Gasteiger partial charge in [0, 0.05) is 18.9 Å². The summed E-state index contributed by atoms with van der Waals surface area (Å²) >= 11 is 1.38. The Morgan fingerprint density at radius 3 is 2.29 bits per heavy atom. The van der Waals surface area contributed by atoms with Gasteiger partial charge in [-0.2, -0.15) is 0 Å². The molecule has 0 fully saturated rings. The van der Waals surface area contributed by atoms with Crippen molar-refractivity contribution in [2.24, 2.45) is 0 Å². The largest absolute Gasteiger partial charge is 0.393 e. The lowest BCUT2D eigenvalue weighted by Gasteiger charge is -2.22. The van der Waals surface area contributed by atoms with E-state index in [-0.39, 0.29) is 12.5 Å². The number of carbonyl (C=O) groups is 3. The smallest absolute Gasteiger partial charge is 0.261 e. The van der Waals surface area contributed by atoms with Crippen LogP contribution in [0.15, 0.2) is 73.1 Å². The van der Waals surface area contributed by atoms with Crippen molar-refractivity contribution in [2.75, 3.05) is 18.5 Å².